The van der Waals surface area contributed by atoms with Gasteiger partial charge < -0.3 is 10.6 Å². The molecule has 2 N–H and O–H groups in total. The van der Waals surface area contributed by atoms with Gasteiger partial charge in [-0.2, -0.15) is 0 Å². The molecule has 5 nitrogen and oxygen atoms in total. The number of anilines is 2. The van der Waals surface area contributed by atoms with E-state index in [0.29, 0.717) is 12.1 Å². The number of fused-ring (bicyclic) bond motifs is 1. The Labute approximate surface area is 183 Å². The second-order valence-electron chi connectivity index (χ2n) is 7.05. The highest BCUT2D eigenvalue weighted by Gasteiger charge is 2.38. The summed E-state index contributed by atoms with van der Waals surface area (Å²) in [7, 11) is 2.04. The van der Waals surface area contributed by atoms with Gasteiger partial charge in [0.15, 0.2) is 0 Å². The molecule has 1 atom stereocenters. The number of hydrogen-bond acceptors (Lipinski definition) is 6. The summed E-state index contributed by atoms with van der Waals surface area (Å²) in [6.07, 6.45) is -0.235. The van der Waals surface area contributed by atoms with Gasteiger partial charge in [-0.1, -0.05) is 30.3 Å². The molecule has 150 valence electrons. The standard InChI is InChI=1S/C23H20N4OS2/c1-26-18-10-6-5-9-16(18)23(28)27(15-7-3-2-4-8-15)22(26)20-12-11-19(30-20)17-14-29-21(13-24)25-17/h2-12,14,22H,13,24H2,1H3. The fraction of sp³-hybridized carbons (Fsp3) is 0.130. The number of para-hydroxylation sites is 2. The van der Waals surface area contributed by atoms with Crippen LogP contribution in [0.5, 0.6) is 0 Å². The van der Waals surface area contributed by atoms with E-state index >= 15 is 0 Å². The molecule has 0 saturated heterocycles. The molecule has 1 unspecified atom stereocenters. The maximum Gasteiger partial charge on any atom is 0.262 e. The van der Waals surface area contributed by atoms with E-state index < -0.39 is 0 Å². The predicted octanol–water partition coefficient (Wildman–Crippen LogP) is 5.13. The van der Waals surface area contributed by atoms with Crippen molar-refractivity contribution in [2.75, 3.05) is 16.8 Å². The van der Waals surface area contributed by atoms with Crippen LogP contribution in [0, 0.1) is 0 Å². The monoisotopic (exact) mass is 432 g/mol. The van der Waals surface area contributed by atoms with Crippen molar-refractivity contribution in [1.29, 1.82) is 0 Å². The van der Waals surface area contributed by atoms with Crippen molar-refractivity contribution < 1.29 is 4.79 Å². The number of benzene rings is 2. The summed E-state index contributed by atoms with van der Waals surface area (Å²) in [6.45, 7) is 0.446. The maximum atomic E-state index is 13.5. The summed E-state index contributed by atoms with van der Waals surface area (Å²) >= 11 is 3.24. The van der Waals surface area contributed by atoms with Gasteiger partial charge in [0.25, 0.3) is 5.91 Å². The van der Waals surface area contributed by atoms with Crippen LogP contribution < -0.4 is 15.5 Å². The molecule has 0 radical (unpaired) electrons. The van der Waals surface area contributed by atoms with E-state index in [0.717, 1.165) is 31.8 Å². The van der Waals surface area contributed by atoms with Crippen LogP contribution >= 0.6 is 22.7 Å². The number of aromatic nitrogens is 1. The lowest BCUT2D eigenvalue weighted by Gasteiger charge is -2.43. The highest BCUT2D eigenvalue weighted by molar-refractivity contribution is 7.16. The minimum atomic E-state index is -0.235. The SMILES string of the molecule is CN1c2ccccc2C(=O)N(c2ccccc2)C1c1ccc(-c2csc(CN)n2)s1. The van der Waals surface area contributed by atoms with Gasteiger partial charge in [0.1, 0.15) is 11.2 Å². The number of nitrogens with zero attached hydrogens (tertiary/aromatic N) is 3. The number of thiophene rings is 1. The molecule has 1 amide bonds. The molecule has 2 aromatic carbocycles. The summed E-state index contributed by atoms with van der Waals surface area (Å²) < 4.78 is 0. The third-order valence-electron chi connectivity index (χ3n) is 5.24. The largest absolute Gasteiger partial charge is 0.349 e. The smallest absolute Gasteiger partial charge is 0.262 e. The third kappa shape index (κ3) is 3.11. The summed E-state index contributed by atoms with van der Waals surface area (Å²) in [5.74, 6) is 0.00827. The molecular formula is C23H20N4OS2. The highest BCUT2D eigenvalue weighted by atomic mass is 32.1. The first-order chi connectivity index (χ1) is 14.7. The summed E-state index contributed by atoms with van der Waals surface area (Å²) in [6, 6.07) is 21.8. The normalized spacial score (nSPS) is 16.1. The molecular weight excluding hydrogens is 412 g/mol. The van der Waals surface area contributed by atoms with Crippen LogP contribution in [0.2, 0.25) is 0 Å². The quantitative estimate of drug-likeness (QED) is 0.486. The Kier molecular flexibility index (Phi) is 4.86. The summed E-state index contributed by atoms with van der Waals surface area (Å²) in [5, 5.41) is 2.96. The van der Waals surface area contributed by atoms with E-state index in [1.54, 1.807) is 22.7 Å². The maximum absolute atomic E-state index is 13.5. The van der Waals surface area contributed by atoms with E-state index in [1.807, 2.05) is 71.9 Å². The van der Waals surface area contributed by atoms with Crippen LogP contribution in [0.4, 0.5) is 11.4 Å². The molecule has 0 saturated carbocycles. The van der Waals surface area contributed by atoms with Crippen molar-refractivity contribution in [3.8, 4) is 10.6 Å². The first kappa shape index (κ1) is 19.0. The lowest BCUT2D eigenvalue weighted by Crippen LogP contribution is -2.47. The second-order valence-corrected chi connectivity index (χ2v) is 9.10. The third-order valence-corrected chi connectivity index (χ3v) is 7.26. The molecule has 4 aromatic rings. The zero-order chi connectivity index (χ0) is 20.7. The molecule has 1 aliphatic heterocycles. The number of carbonyl (C=O) groups excluding carboxylic acids is 1. The van der Waals surface area contributed by atoms with Crippen molar-refractivity contribution in [2.45, 2.75) is 12.7 Å². The summed E-state index contributed by atoms with van der Waals surface area (Å²) in [5.41, 5.74) is 9.19. The second kappa shape index (κ2) is 7.68. The number of rotatable bonds is 4. The highest BCUT2D eigenvalue weighted by Crippen LogP contribution is 2.43. The minimum absolute atomic E-state index is 0.00827. The van der Waals surface area contributed by atoms with E-state index in [4.69, 9.17) is 5.73 Å². The Balaban J connectivity index is 1.62. The zero-order valence-electron chi connectivity index (χ0n) is 16.4. The van der Waals surface area contributed by atoms with Crippen molar-refractivity contribution in [3.63, 3.8) is 0 Å². The number of hydrogen-bond donors (Lipinski definition) is 1. The van der Waals surface area contributed by atoms with Gasteiger partial charge in [-0.05, 0) is 36.4 Å². The fourth-order valence-electron chi connectivity index (χ4n) is 3.82. The molecule has 0 fully saturated rings. The predicted molar refractivity (Wildman–Crippen MR) is 124 cm³/mol. The van der Waals surface area contributed by atoms with Crippen molar-refractivity contribution in [2.24, 2.45) is 5.73 Å². The Morgan fingerprint density at radius 1 is 1.03 bits per heavy atom. The van der Waals surface area contributed by atoms with Gasteiger partial charge >= 0.3 is 0 Å². The molecule has 7 heteroatoms. The first-order valence-corrected chi connectivity index (χ1v) is 11.3. The lowest BCUT2D eigenvalue weighted by molar-refractivity contribution is 0.0970. The molecule has 30 heavy (non-hydrogen) atoms. The van der Waals surface area contributed by atoms with Gasteiger partial charge in [0.05, 0.1) is 21.8 Å². The van der Waals surface area contributed by atoms with Gasteiger partial charge in [-0.25, -0.2) is 4.98 Å². The van der Waals surface area contributed by atoms with Crippen LogP contribution in [0.3, 0.4) is 0 Å². The molecule has 2 aromatic heterocycles. The Bertz CT molecular complexity index is 1200. The molecule has 5 rings (SSSR count). The van der Waals surface area contributed by atoms with E-state index in [9.17, 15) is 4.79 Å². The topological polar surface area (TPSA) is 62.5 Å². The number of nitrogens with two attached hydrogens (primary N) is 1. The zero-order valence-corrected chi connectivity index (χ0v) is 18.0. The summed E-state index contributed by atoms with van der Waals surface area (Å²) in [4.78, 5) is 24.4. The number of thiazole rings is 1. The average Bonchev–Trinajstić information content (AvgIpc) is 3.46. The van der Waals surface area contributed by atoms with Crippen LogP contribution in [-0.2, 0) is 6.54 Å². The Morgan fingerprint density at radius 2 is 1.80 bits per heavy atom. The van der Waals surface area contributed by atoms with Crippen LogP contribution in [-0.4, -0.2) is 17.9 Å². The molecule has 0 spiro atoms. The van der Waals surface area contributed by atoms with Gasteiger partial charge in [0.2, 0.25) is 0 Å². The van der Waals surface area contributed by atoms with Crippen molar-refractivity contribution in [3.05, 3.63) is 87.6 Å². The average molecular weight is 433 g/mol. The van der Waals surface area contributed by atoms with E-state index in [-0.39, 0.29) is 12.1 Å². The van der Waals surface area contributed by atoms with E-state index in [2.05, 4.69) is 22.0 Å². The molecule has 3 heterocycles. The van der Waals surface area contributed by atoms with Gasteiger partial charge in [-0.3, -0.25) is 9.69 Å². The van der Waals surface area contributed by atoms with E-state index in [1.165, 1.54) is 0 Å². The van der Waals surface area contributed by atoms with Crippen LogP contribution in [0.25, 0.3) is 10.6 Å². The number of carbonyl (C=O) groups is 1. The Hall–Kier alpha value is -3.00. The van der Waals surface area contributed by atoms with Gasteiger partial charge in [-0.15, -0.1) is 22.7 Å². The fourth-order valence-corrected chi connectivity index (χ4v) is 5.67. The number of amides is 1. The molecule has 0 bridgehead atoms. The molecule has 0 aliphatic carbocycles. The van der Waals surface area contributed by atoms with Crippen LogP contribution in [0.15, 0.2) is 72.1 Å². The van der Waals surface area contributed by atoms with Crippen molar-refractivity contribution >= 4 is 40.0 Å². The minimum Gasteiger partial charge on any atom is -0.349 e. The molecule has 1 aliphatic rings. The lowest BCUT2D eigenvalue weighted by atomic mass is 10.0. The van der Waals surface area contributed by atoms with Crippen LogP contribution in [0.1, 0.15) is 26.4 Å². The Morgan fingerprint density at radius 3 is 2.57 bits per heavy atom. The first-order valence-electron chi connectivity index (χ1n) is 9.62. The van der Waals surface area contributed by atoms with Crippen molar-refractivity contribution in [1.82, 2.24) is 4.98 Å². The van der Waals surface area contributed by atoms with Gasteiger partial charge in [0, 0.05) is 29.5 Å².